The van der Waals surface area contributed by atoms with Crippen LogP contribution in [0.1, 0.15) is 36.0 Å². The summed E-state index contributed by atoms with van der Waals surface area (Å²) in [5, 5.41) is 32.4. The summed E-state index contributed by atoms with van der Waals surface area (Å²) in [4.78, 5) is 49.5. The number of nitrogens with zero attached hydrogens (tertiary/aromatic N) is 1. The van der Waals surface area contributed by atoms with Crippen LogP contribution in [0.25, 0.3) is 0 Å². The minimum Gasteiger partial charge on any atom is -0.481 e. The Kier molecular flexibility index (Phi) is 8.21. The summed E-state index contributed by atoms with van der Waals surface area (Å²) in [7, 11) is 0. The maximum Gasteiger partial charge on any atom is 0.326 e. The molecule has 0 bridgehead atoms. The number of carbonyl (C=O) groups excluding carboxylic acids is 2. The van der Waals surface area contributed by atoms with Gasteiger partial charge in [0.1, 0.15) is 17.7 Å². The maximum absolute atomic E-state index is 14.4. The smallest absolute Gasteiger partial charge is 0.326 e. The first-order chi connectivity index (χ1) is 15.1. The molecule has 1 aromatic carbocycles. The van der Waals surface area contributed by atoms with Crippen molar-refractivity contribution in [3.8, 4) is 0 Å². The highest BCUT2D eigenvalue weighted by atomic mass is 19.1. The molecule has 13 heteroatoms. The third-order valence-electron chi connectivity index (χ3n) is 4.62. The Balaban J connectivity index is 1.89. The third-order valence-corrected chi connectivity index (χ3v) is 4.62. The maximum atomic E-state index is 14.4. The van der Waals surface area contributed by atoms with E-state index in [1.807, 2.05) is 0 Å². The molecule has 1 unspecified atom stereocenters. The predicted octanol–water partition coefficient (Wildman–Crippen LogP) is 0.104. The lowest BCUT2D eigenvalue weighted by molar-refractivity contribution is -0.140. The van der Waals surface area contributed by atoms with E-state index in [1.165, 1.54) is 12.1 Å². The monoisotopic (exact) mass is 450 g/mol. The van der Waals surface area contributed by atoms with Gasteiger partial charge in [-0.1, -0.05) is 0 Å². The van der Waals surface area contributed by atoms with Crippen molar-refractivity contribution in [3.63, 3.8) is 0 Å². The molecule has 1 aromatic rings. The molecule has 0 spiro atoms. The Labute approximate surface area is 181 Å². The number of rotatable bonds is 11. The van der Waals surface area contributed by atoms with Crippen molar-refractivity contribution in [3.05, 3.63) is 29.6 Å². The standard InChI is InChI=1S/C19H23FN6O6/c20-12-8-9(23-7-1-2-11-15(21)25-19(22)26-17(11)30)3-4-10(12)16(29)24-13(18(31)32)5-6-14(27)28/h3-4,8,11,13,23H,1-2,5-7H2,(H,24,29)(H,27,28)(H,31,32)(H4,21,22,25,26,30)/t11?,13-/m0/s1. The van der Waals surface area contributed by atoms with Crippen LogP contribution in [0.5, 0.6) is 0 Å². The molecule has 32 heavy (non-hydrogen) atoms. The van der Waals surface area contributed by atoms with Gasteiger partial charge in [-0.2, -0.15) is 4.99 Å². The number of halogens is 1. The molecule has 2 amide bonds. The van der Waals surface area contributed by atoms with E-state index in [4.69, 9.17) is 21.4 Å². The number of amidine groups is 1. The number of carbonyl (C=O) groups is 4. The van der Waals surface area contributed by atoms with Crippen molar-refractivity contribution in [2.45, 2.75) is 31.7 Å². The van der Waals surface area contributed by atoms with Crippen LogP contribution in [-0.4, -0.2) is 58.3 Å². The van der Waals surface area contributed by atoms with E-state index in [1.54, 1.807) is 0 Å². The van der Waals surface area contributed by atoms with Crippen molar-refractivity contribution in [1.29, 1.82) is 5.41 Å². The third kappa shape index (κ3) is 6.75. The van der Waals surface area contributed by atoms with Crippen LogP contribution >= 0.6 is 0 Å². The number of hydrogen-bond donors (Lipinski definition) is 7. The highest BCUT2D eigenvalue weighted by molar-refractivity contribution is 6.15. The summed E-state index contributed by atoms with van der Waals surface area (Å²) in [5.41, 5.74) is 5.65. The van der Waals surface area contributed by atoms with Crippen LogP contribution in [0, 0.1) is 17.1 Å². The molecule has 0 radical (unpaired) electrons. The van der Waals surface area contributed by atoms with Gasteiger partial charge >= 0.3 is 11.9 Å². The van der Waals surface area contributed by atoms with Gasteiger partial charge in [0.2, 0.25) is 11.9 Å². The topological polar surface area (TPSA) is 207 Å². The molecule has 0 saturated heterocycles. The number of nitrogens with two attached hydrogens (primary N) is 1. The van der Waals surface area contributed by atoms with E-state index >= 15 is 0 Å². The zero-order valence-electron chi connectivity index (χ0n) is 16.9. The fourth-order valence-electron chi connectivity index (χ4n) is 2.96. The molecular weight excluding hydrogens is 427 g/mol. The molecule has 2 atom stereocenters. The van der Waals surface area contributed by atoms with Gasteiger partial charge in [0.25, 0.3) is 5.91 Å². The molecule has 1 aliphatic rings. The highest BCUT2D eigenvalue weighted by Crippen LogP contribution is 2.16. The Bertz CT molecular complexity index is 966. The lowest BCUT2D eigenvalue weighted by Crippen LogP contribution is -2.46. The first kappa shape index (κ1) is 24.2. The zero-order valence-corrected chi connectivity index (χ0v) is 16.9. The van der Waals surface area contributed by atoms with Crippen LogP contribution in [0.4, 0.5) is 10.1 Å². The number of aliphatic imine (C=N–C) groups is 1. The molecule has 172 valence electrons. The molecule has 0 aliphatic carbocycles. The van der Waals surface area contributed by atoms with Gasteiger partial charge in [-0.25, -0.2) is 9.18 Å². The normalized spacial score (nSPS) is 16.5. The van der Waals surface area contributed by atoms with Gasteiger partial charge in [-0.3, -0.25) is 25.1 Å². The fraction of sp³-hybridized carbons (Fsp3) is 0.368. The molecular formula is C19H23FN6O6. The summed E-state index contributed by atoms with van der Waals surface area (Å²) < 4.78 is 14.4. The second kappa shape index (κ2) is 10.8. The zero-order chi connectivity index (χ0) is 23.8. The average Bonchev–Trinajstić information content (AvgIpc) is 2.69. The molecule has 0 aromatic heterocycles. The average molecular weight is 450 g/mol. The highest BCUT2D eigenvalue weighted by Gasteiger charge is 2.27. The Hall–Kier alpha value is -4.03. The number of carboxylic acid groups (broad SMARTS) is 2. The van der Waals surface area contributed by atoms with Gasteiger partial charge in [0.05, 0.1) is 11.5 Å². The molecule has 1 aliphatic heterocycles. The van der Waals surface area contributed by atoms with Crippen LogP contribution in [0.2, 0.25) is 0 Å². The summed E-state index contributed by atoms with van der Waals surface area (Å²) in [6.07, 6.45) is 0.0326. The van der Waals surface area contributed by atoms with Crippen molar-refractivity contribution in [2.24, 2.45) is 16.6 Å². The van der Waals surface area contributed by atoms with E-state index in [2.05, 4.69) is 20.9 Å². The number of aliphatic carboxylic acids is 2. The van der Waals surface area contributed by atoms with E-state index in [0.717, 1.165) is 6.07 Å². The molecule has 0 fully saturated rings. The second-order valence-electron chi connectivity index (χ2n) is 6.99. The number of hydrogen-bond acceptors (Lipinski definition) is 7. The van der Waals surface area contributed by atoms with Gasteiger partial charge in [-0.15, -0.1) is 0 Å². The summed E-state index contributed by atoms with van der Waals surface area (Å²) in [6.45, 7) is 0.357. The quantitative estimate of drug-likeness (QED) is 0.230. The van der Waals surface area contributed by atoms with Crippen molar-refractivity contribution in [1.82, 2.24) is 10.6 Å². The van der Waals surface area contributed by atoms with Crippen molar-refractivity contribution >= 4 is 41.2 Å². The van der Waals surface area contributed by atoms with Crippen molar-refractivity contribution < 1.29 is 33.8 Å². The number of nitrogens with one attached hydrogen (secondary N) is 4. The Morgan fingerprint density at radius 1 is 1.31 bits per heavy atom. The Morgan fingerprint density at radius 2 is 2.03 bits per heavy atom. The predicted molar refractivity (Wildman–Crippen MR) is 111 cm³/mol. The van der Waals surface area contributed by atoms with E-state index in [0.29, 0.717) is 25.1 Å². The first-order valence-corrected chi connectivity index (χ1v) is 9.60. The number of carboxylic acids is 2. The van der Waals surface area contributed by atoms with E-state index in [-0.39, 0.29) is 23.8 Å². The Morgan fingerprint density at radius 3 is 2.62 bits per heavy atom. The lowest BCUT2D eigenvalue weighted by atomic mass is 10.00. The van der Waals surface area contributed by atoms with Gasteiger partial charge in [0, 0.05) is 18.7 Å². The molecule has 2 rings (SSSR count). The number of anilines is 1. The van der Waals surface area contributed by atoms with Crippen LogP contribution in [0.3, 0.4) is 0 Å². The second-order valence-corrected chi connectivity index (χ2v) is 6.99. The summed E-state index contributed by atoms with van der Waals surface area (Å²) in [6, 6.07) is 2.20. The molecule has 1 heterocycles. The molecule has 12 nitrogen and oxygen atoms in total. The van der Waals surface area contributed by atoms with Gasteiger partial charge < -0.3 is 26.6 Å². The lowest BCUT2D eigenvalue weighted by Gasteiger charge is -2.20. The minimum atomic E-state index is -1.47. The largest absolute Gasteiger partial charge is 0.481 e. The number of amides is 2. The first-order valence-electron chi connectivity index (χ1n) is 9.60. The molecule has 0 saturated carbocycles. The minimum absolute atomic E-state index is 0.0585. The van der Waals surface area contributed by atoms with Crippen LogP contribution in [0.15, 0.2) is 23.2 Å². The van der Waals surface area contributed by atoms with Crippen LogP contribution in [-0.2, 0) is 14.4 Å². The van der Waals surface area contributed by atoms with E-state index in [9.17, 15) is 23.6 Å². The summed E-state index contributed by atoms with van der Waals surface area (Å²) >= 11 is 0. The summed E-state index contributed by atoms with van der Waals surface area (Å²) in [5.74, 6) is -5.82. The van der Waals surface area contributed by atoms with Crippen LogP contribution < -0.4 is 21.7 Å². The van der Waals surface area contributed by atoms with Gasteiger partial charge in [0.15, 0.2) is 0 Å². The number of guanidine groups is 1. The SMILES string of the molecule is N=C1N=C(N)C(CCCNc2ccc(C(=O)N[C@@H](CCC(=O)O)C(=O)O)c(F)c2)C(=O)N1. The van der Waals surface area contributed by atoms with Gasteiger partial charge in [-0.05, 0) is 37.5 Å². The number of benzene rings is 1. The van der Waals surface area contributed by atoms with E-state index < -0.39 is 48.0 Å². The van der Waals surface area contributed by atoms with Crippen molar-refractivity contribution in [2.75, 3.05) is 11.9 Å². The molecule has 8 N–H and O–H groups in total. The fourth-order valence-corrected chi connectivity index (χ4v) is 2.96.